The van der Waals surface area contributed by atoms with Crippen LogP contribution in [-0.4, -0.2) is 6.18 Å². The van der Waals surface area contributed by atoms with Crippen LogP contribution in [0, 0.1) is 0 Å². The highest BCUT2D eigenvalue weighted by atomic mass is 19.4. The molecule has 0 aliphatic carbocycles. The van der Waals surface area contributed by atoms with E-state index in [2.05, 4.69) is 0 Å². The summed E-state index contributed by atoms with van der Waals surface area (Å²) in [6, 6.07) is 12.0. The lowest BCUT2D eigenvalue weighted by atomic mass is 10.4. The van der Waals surface area contributed by atoms with Crippen molar-refractivity contribution < 1.29 is 13.2 Å². The lowest BCUT2D eigenvalue weighted by molar-refractivity contribution is -0.110. The first kappa shape index (κ1) is 17.9. The number of benzene rings is 1. The summed E-state index contributed by atoms with van der Waals surface area (Å²) in [5.74, 6) is 0. The Kier molecular flexibility index (Phi) is 12.6. The van der Waals surface area contributed by atoms with Gasteiger partial charge in [0.25, 0.3) is 0 Å². The molecule has 0 heterocycles. The van der Waals surface area contributed by atoms with Gasteiger partial charge in [0.2, 0.25) is 0 Å². The standard InChI is InChI=1S/C6H6.C2H3F3.2CH4/c1-2-4-6-5-3-1;1-2(3,4)5;;/h1-6H;1H3;2*1H4. The minimum atomic E-state index is -4.00. The van der Waals surface area contributed by atoms with Crippen LogP contribution in [0.2, 0.25) is 0 Å². The first-order valence-corrected chi connectivity index (χ1v) is 3.07. The summed E-state index contributed by atoms with van der Waals surface area (Å²) >= 11 is 0. The van der Waals surface area contributed by atoms with Gasteiger partial charge in [-0.2, -0.15) is 13.2 Å². The van der Waals surface area contributed by atoms with Gasteiger partial charge in [0.1, 0.15) is 0 Å². The second kappa shape index (κ2) is 9.10. The van der Waals surface area contributed by atoms with Gasteiger partial charge in [0, 0.05) is 6.92 Å². The van der Waals surface area contributed by atoms with Crippen molar-refractivity contribution in [2.24, 2.45) is 0 Å². The van der Waals surface area contributed by atoms with Crippen molar-refractivity contribution in [1.29, 1.82) is 0 Å². The molecule has 0 spiro atoms. The third-order valence-corrected chi connectivity index (χ3v) is 0.667. The second-order valence-electron chi connectivity index (χ2n) is 1.94. The highest BCUT2D eigenvalue weighted by molar-refractivity contribution is 4.99. The number of alkyl halides is 3. The van der Waals surface area contributed by atoms with Crippen LogP contribution in [0.1, 0.15) is 21.8 Å². The molecule has 0 aliphatic heterocycles. The Morgan fingerprint density at radius 1 is 0.692 bits per heavy atom. The third-order valence-electron chi connectivity index (χ3n) is 0.667. The monoisotopic (exact) mass is 194 g/mol. The van der Waals surface area contributed by atoms with Gasteiger partial charge in [-0.15, -0.1) is 0 Å². The van der Waals surface area contributed by atoms with Crippen molar-refractivity contribution in [1.82, 2.24) is 0 Å². The van der Waals surface area contributed by atoms with Gasteiger partial charge in [0.05, 0.1) is 0 Å². The van der Waals surface area contributed by atoms with Crippen LogP contribution in [0.15, 0.2) is 36.4 Å². The molecule has 1 aromatic carbocycles. The molecule has 3 heteroatoms. The highest BCUT2D eigenvalue weighted by Gasteiger charge is 2.15. The maximum atomic E-state index is 10.4. The molecule has 0 fully saturated rings. The van der Waals surface area contributed by atoms with E-state index in [-0.39, 0.29) is 21.8 Å². The van der Waals surface area contributed by atoms with Crippen LogP contribution < -0.4 is 0 Å². The molecule has 0 radical (unpaired) electrons. The Morgan fingerprint density at radius 2 is 0.769 bits per heavy atom. The van der Waals surface area contributed by atoms with Crippen molar-refractivity contribution in [2.75, 3.05) is 0 Å². The van der Waals surface area contributed by atoms with Crippen molar-refractivity contribution in [3.8, 4) is 0 Å². The molecule has 1 aromatic rings. The van der Waals surface area contributed by atoms with Crippen LogP contribution in [0.4, 0.5) is 13.2 Å². The van der Waals surface area contributed by atoms with Gasteiger partial charge in [-0.05, 0) is 0 Å². The van der Waals surface area contributed by atoms with Crippen LogP contribution >= 0.6 is 0 Å². The Hall–Kier alpha value is -0.990. The summed E-state index contributed by atoms with van der Waals surface area (Å²) < 4.78 is 31.1. The number of hydrogen-bond donors (Lipinski definition) is 0. The first-order chi connectivity index (χ1) is 5.00. The largest absolute Gasteiger partial charge is 0.386 e. The molecule has 0 N–H and O–H groups in total. The van der Waals surface area contributed by atoms with Crippen molar-refractivity contribution in [3.05, 3.63) is 36.4 Å². The van der Waals surface area contributed by atoms with Crippen LogP contribution in [0.3, 0.4) is 0 Å². The molecule has 1 rings (SSSR count). The molecule has 0 aliphatic rings. The SMILES string of the molecule is C.C.CC(F)(F)F.c1ccccc1. The molecule has 0 bridgehead atoms. The minimum Gasteiger partial charge on any atom is -0.172 e. The predicted molar refractivity (Wildman–Crippen MR) is 51.6 cm³/mol. The fourth-order valence-corrected chi connectivity index (χ4v) is 0.385. The first-order valence-electron chi connectivity index (χ1n) is 3.07. The zero-order valence-corrected chi connectivity index (χ0v) is 6.10. The second-order valence-corrected chi connectivity index (χ2v) is 1.94. The Morgan fingerprint density at radius 3 is 0.846 bits per heavy atom. The quantitative estimate of drug-likeness (QED) is 0.569. The zero-order valence-electron chi connectivity index (χ0n) is 6.10. The van der Waals surface area contributed by atoms with E-state index in [1.165, 1.54) is 0 Å². The molecule has 13 heavy (non-hydrogen) atoms. The summed E-state index contributed by atoms with van der Waals surface area (Å²) in [5.41, 5.74) is 0. The average Bonchev–Trinajstić information content (AvgIpc) is 1.88. The van der Waals surface area contributed by atoms with E-state index in [0.29, 0.717) is 0 Å². The van der Waals surface area contributed by atoms with Gasteiger partial charge in [-0.3, -0.25) is 0 Å². The lowest BCUT2D eigenvalue weighted by Gasteiger charge is -1.88. The molecule has 0 atom stereocenters. The van der Waals surface area contributed by atoms with Crippen LogP contribution in [-0.2, 0) is 0 Å². The topological polar surface area (TPSA) is 0 Å². The van der Waals surface area contributed by atoms with Gasteiger partial charge in [0.15, 0.2) is 0 Å². The highest BCUT2D eigenvalue weighted by Crippen LogP contribution is 2.10. The van der Waals surface area contributed by atoms with Gasteiger partial charge in [-0.1, -0.05) is 51.3 Å². The summed E-state index contributed by atoms with van der Waals surface area (Å²) in [7, 11) is 0. The molecule has 0 amide bonds. The maximum absolute atomic E-state index is 10.4. The molecule has 0 aromatic heterocycles. The zero-order chi connectivity index (χ0) is 8.74. The van der Waals surface area contributed by atoms with E-state index < -0.39 is 6.18 Å². The van der Waals surface area contributed by atoms with Crippen LogP contribution in [0.25, 0.3) is 0 Å². The molecule has 0 saturated carbocycles. The molecule has 0 unspecified atom stereocenters. The summed E-state index contributed by atoms with van der Waals surface area (Å²) in [5, 5.41) is 0. The van der Waals surface area contributed by atoms with E-state index in [4.69, 9.17) is 0 Å². The number of halogens is 3. The lowest BCUT2D eigenvalue weighted by Crippen LogP contribution is -1.95. The fourth-order valence-electron chi connectivity index (χ4n) is 0.385. The third kappa shape index (κ3) is 35.6. The van der Waals surface area contributed by atoms with E-state index in [1.54, 1.807) is 0 Å². The number of rotatable bonds is 0. The Bertz CT molecular complexity index is 135. The molecular formula is C10H17F3. The van der Waals surface area contributed by atoms with E-state index in [0.717, 1.165) is 0 Å². The van der Waals surface area contributed by atoms with E-state index in [9.17, 15) is 13.2 Å². The molecule has 0 nitrogen and oxygen atoms in total. The number of hydrogen-bond acceptors (Lipinski definition) is 0. The predicted octanol–water partition coefficient (Wildman–Crippen LogP) is 4.53. The minimum absolute atomic E-state index is 0. The van der Waals surface area contributed by atoms with Gasteiger partial charge >= 0.3 is 6.18 Å². The van der Waals surface area contributed by atoms with Crippen molar-refractivity contribution in [2.45, 2.75) is 28.0 Å². The molecule has 78 valence electrons. The van der Waals surface area contributed by atoms with Crippen LogP contribution in [0.5, 0.6) is 0 Å². The van der Waals surface area contributed by atoms with Crippen molar-refractivity contribution in [3.63, 3.8) is 0 Å². The molecular weight excluding hydrogens is 177 g/mol. The summed E-state index contributed by atoms with van der Waals surface area (Å²) in [6.07, 6.45) is -4.00. The summed E-state index contributed by atoms with van der Waals surface area (Å²) in [4.78, 5) is 0. The van der Waals surface area contributed by atoms with E-state index in [1.807, 2.05) is 36.4 Å². The van der Waals surface area contributed by atoms with Crippen molar-refractivity contribution >= 4 is 0 Å². The van der Waals surface area contributed by atoms with Gasteiger partial charge in [-0.25, -0.2) is 0 Å². The smallest absolute Gasteiger partial charge is 0.172 e. The fraction of sp³-hybridized carbons (Fsp3) is 0.400. The summed E-state index contributed by atoms with van der Waals surface area (Å²) in [6.45, 7) is 0.188. The maximum Gasteiger partial charge on any atom is 0.386 e. The molecule has 0 saturated heterocycles. The Balaban J connectivity index is -0.000000136. The average molecular weight is 194 g/mol. The van der Waals surface area contributed by atoms with E-state index >= 15 is 0 Å². The normalized spacial score (nSPS) is 8.31. The van der Waals surface area contributed by atoms with Gasteiger partial charge < -0.3 is 0 Å². The Labute approximate surface area is 78.4 Å².